The Bertz CT molecular complexity index is 841. The summed E-state index contributed by atoms with van der Waals surface area (Å²) in [6.07, 6.45) is -0.455. The van der Waals surface area contributed by atoms with Crippen LogP contribution in [0.3, 0.4) is 0 Å². The number of hydrogen-bond acceptors (Lipinski definition) is 3. The Balaban J connectivity index is 1.55. The number of likely N-dealkylation sites (tertiary alicyclic amines) is 1. The zero-order valence-electron chi connectivity index (χ0n) is 18.4. The van der Waals surface area contributed by atoms with Gasteiger partial charge in [0.05, 0.1) is 6.61 Å². The van der Waals surface area contributed by atoms with Crippen LogP contribution in [0.25, 0.3) is 0 Å². The second-order valence-corrected chi connectivity index (χ2v) is 8.35. The van der Waals surface area contributed by atoms with Crippen molar-refractivity contribution in [3.8, 4) is 0 Å². The Hall–Kier alpha value is -2.38. The summed E-state index contributed by atoms with van der Waals surface area (Å²) in [6.45, 7) is 5.01. The highest BCUT2D eigenvalue weighted by molar-refractivity contribution is 5.94. The molecule has 0 saturated carbocycles. The maximum Gasteiger partial charge on any atom is 0.471 e. The molecule has 0 aromatic heterocycles. The van der Waals surface area contributed by atoms with Crippen LogP contribution in [0.1, 0.15) is 37.3 Å². The molecule has 0 radical (unpaired) electrons. The van der Waals surface area contributed by atoms with Crippen molar-refractivity contribution < 1.29 is 22.7 Å². The number of carbonyl (C=O) groups excluding carboxylic acids is 1. The van der Waals surface area contributed by atoms with Gasteiger partial charge in [-0.25, -0.2) is 0 Å². The Labute approximate surface area is 187 Å². The van der Waals surface area contributed by atoms with Crippen molar-refractivity contribution in [2.24, 2.45) is 5.92 Å². The number of nitrogens with zero attached hydrogens (tertiary/aromatic N) is 1. The highest BCUT2D eigenvalue weighted by atomic mass is 19.4. The fourth-order valence-electron chi connectivity index (χ4n) is 4.23. The summed E-state index contributed by atoms with van der Waals surface area (Å²) in [5, 5.41) is 1.89. The quantitative estimate of drug-likeness (QED) is 0.556. The van der Waals surface area contributed by atoms with Crippen molar-refractivity contribution >= 4 is 11.6 Å². The smallest absolute Gasteiger partial charge is 0.380 e. The van der Waals surface area contributed by atoms with Crippen LogP contribution < -0.4 is 5.32 Å². The first kappa shape index (κ1) is 24.3. The summed E-state index contributed by atoms with van der Waals surface area (Å²) in [5.41, 5.74) is 2.51. The number of piperidine rings is 1. The summed E-state index contributed by atoms with van der Waals surface area (Å²) in [6, 6.07) is 17.4. The van der Waals surface area contributed by atoms with E-state index in [4.69, 9.17) is 4.74 Å². The molecule has 0 bridgehead atoms. The summed E-state index contributed by atoms with van der Waals surface area (Å²) < 4.78 is 43.0. The molecule has 1 saturated heterocycles. The lowest BCUT2D eigenvalue weighted by Gasteiger charge is -2.39. The number of benzene rings is 2. The second-order valence-electron chi connectivity index (χ2n) is 8.35. The lowest BCUT2D eigenvalue weighted by atomic mass is 9.86. The van der Waals surface area contributed by atoms with Crippen LogP contribution in [0.5, 0.6) is 0 Å². The zero-order chi connectivity index (χ0) is 23.0. The van der Waals surface area contributed by atoms with Gasteiger partial charge < -0.3 is 10.1 Å². The Morgan fingerprint density at radius 1 is 1.09 bits per heavy atom. The molecule has 1 aliphatic heterocycles. The average molecular weight is 449 g/mol. The number of ether oxygens (including phenoxy) is 1. The van der Waals surface area contributed by atoms with Gasteiger partial charge in [-0.3, -0.25) is 9.69 Å². The predicted molar refractivity (Wildman–Crippen MR) is 119 cm³/mol. The maximum atomic E-state index is 12.4. The van der Waals surface area contributed by atoms with Crippen LogP contribution in [0.15, 0.2) is 54.6 Å². The molecule has 1 heterocycles. The molecule has 0 aliphatic carbocycles. The fourth-order valence-corrected chi connectivity index (χ4v) is 4.23. The number of halogens is 3. The molecule has 1 N–H and O–H groups in total. The Morgan fingerprint density at radius 3 is 2.47 bits per heavy atom. The van der Waals surface area contributed by atoms with E-state index in [0.29, 0.717) is 31.7 Å². The Kier molecular flexibility index (Phi) is 8.70. The first-order valence-electron chi connectivity index (χ1n) is 11.2. The monoisotopic (exact) mass is 448 g/mol. The molecule has 32 heavy (non-hydrogen) atoms. The van der Waals surface area contributed by atoms with Crippen LogP contribution in [0.4, 0.5) is 18.9 Å². The number of rotatable bonds is 9. The highest BCUT2D eigenvalue weighted by Crippen LogP contribution is 2.29. The van der Waals surface area contributed by atoms with Crippen molar-refractivity contribution in [2.45, 2.75) is 51.4 Å². The first-order chi connectivity index (χ1) is 15.3. The minimum atomic E-state index is -4.89. The number of nitrogens with one attached hydrogen (secondary N) is 1. The highest BCUT2D eigenvalue weighted by Gasteiger charge is 2.38. The van der Waals surface area contributed by atoms with Gasteiger partial charge in [-0.2, -0.15) is 13.2 Å². The van der Waals surface area contributed by atoms with E-state index in [0.717, 1.165) is 37.8 Å². The van der Waals surface area contributed by atoms with Crippen molar-refractivity contribution in [2.75, 3.05) is 25.1 Å². The number of anilines is 1. The van der Waals surface area contributed by atoms with E-state index in [-0.39, 0.29) is 5.69 Å². The molecule has 2 aromatic carbocycles. The van der Waals surface area contributed by atoms with E-state index in [1.165, 1.54) is 17.7 Å². The van der Waals surface area contributed by atoms with Crippen LogP contribution in [0.2, 0.25) is 0 Å². The number of hydrogen-bond donors (Lipinski definition) is 1. The molecule has 3 rings (SSSR count). The first-order valence-corrected chi connectivity index (χ1v) is 11.2. The van der Waals surface area contributed by atoms with E-state index < -0.39 is 12.1 Å². The standard InChI is InChI=1S/C25H31F3N2O2/c1-2-32-18-23-16-20(9-8-19-6-4-3-5-7-19)14-15-30(23)17-21-10-12-22(13-11-21)29-24(31)25(26,27)28/h3-7,10-13,20,23H,2,8-9,14-18H2,1H3,(H,29,31). The molecule has 0 spiro atoms. The van der Waals surface area contributed by atoms with Crippen LogP contribution in [0, 0.1) is 5.92 Å². The number of alkyl halides is 3. The normalized spacial score (nSPS) is 19.6. The molecular formula is C25H31F3N2O2. The third-order valence-corrected chi connectivity index (χ3v) is 6.00. The van der Waals surface area contributed by atoms with E-state index in [2.05, 4.69) is 29.2 Å². The van der Waals surface area contributed by atoms with Gasteiger partial charge in [0.1, 0.15) is 0 Å². The van der Waals surface area contributed by atoms with Gasteiger partial charge in [-0.1, -0.05) is 42.5 Å². The minimum absolute atomic E-state index is 0.140. The van der Waals surface area contributed by atoms with Gasteiger partial charge in [-0.05, 0) is 68.3 Å². The third kappa shape index (κ3) is 7.35. The van der Waals surface area contributed by atoms with E-state index in [1.54, 1.807) is 12.1 Å². The van der Waals surface area contributed by atoms with Crippen molar-refractivity contribution in [3.63, 3.8) is 0 Å². The van der Waals surface area contributed by atoms with Crippen LogP contribution in [-0.2, 0) is 22.5 Å². The summed E-state index contributed by atoms with van der Waals surface area (Å²) in [7, 11) is 0. The second kappa shape index (κ2) is 11.5. The number of amides is 1. The molecule has 2 unspecified atom stereocenters. The SMILES string of the molecule is CCOCC1CC(CCc2ccccc2)CCN1Cc1ccc(NC(=O)C(F)(F)F)cc1. The molecule has 1 aliphatic rings. The third-order valence-electron chi connectivity index (χ3n) is 6.00. The number of aryl methyl sites for hydroxylation is 1. The van der Waals surface area contributed by atoms with E-state index in [1.807, 2.05) is 18.3 Å². The van der Waals surface area contributed by atoms with E-state index in [9.17, 15) is 18.0 Å². The van der Waals surface area contributed by atoms with Gasteiger partial charge >= 0.3 is 12.1 Å². The summed E-state index contributed by atoms with van der Waals surface area (Å²) in [4.78, 5) is 13.5. The molecular weight excluding hydrogens is 417 g/mol. The molecule has 2 aromatic rings. The van der Waals surface area contributed by atoms with Crippen LogP contribution in [-0.4, -0.2) is 42.8 Å². The van der Waals surface area contributed by atoms with Gasteiger partial charge in [0.25, 0.3) is 0 Å². The van der Waals surface area contributed by atoms with Crippen LogP contribution >= 0.6 is 0 Å². The maximum absolute atomic E-state index is 12.4. The molecule has 174 valence electrons. The molecule has 1 fully saturated rings. The summed E-state index contributed by atoms with van der Waals surface area (Å²) >= 11 is 0. The molecule has 4 nitrogen and oxygen atoms in total. The minimum Gasteiger partial charge on any atom is -0.380 e. The lowest BCUT2D eigenvalue weighted by Crippen LogP contribution is -2.44. The summed E-state index contributed by atoms with van der Waals surface area (Å²) in [5.74, 6) is -1.31. The topological polar surface area (TPSA) is 41.6 Å². The van der Waals surface area contributed by atoms with Gasteiger partial charge in [0.2, 0.25) is 0 Å². The van der Waals surface area contributed by atoms with Gasteiger partial charge in [0.15, 0.2) is 0 Å². The molecule has 7 heteroatoms. The largest absolute Gasteiger partial charge is 0.471 e. The number of carbonyl (C=O) groups is 1. The van der Waals surface area contributed by atoms with Gasteiger partial charge in [-0.15, -0.1) is 0 Å². The van der Waals surface area contributed by atoms with E-state index >= 15 is 0 Å². The van der Waals surface area contributed by atoms with Gasteiger partial charge in [0, 0.05) is 24.9 Å². The Morgan fingerprint density at radius 2 is 1.81 bits per heavy atom. The van der Waals surface area contributed by atoms with Crippen molar-refractivity contribution in [1.82, 2.24) is 4.90 Å². The molecule has 1 amide bonds. The predicted octanol–water partition coefficient (Wildman–Crippen LogP) is 5.44. The molecule has 2 atom stereocenters. The fraction of sp³-hybridized carbons (Fsp3) is 0.480. The van der Waals surface area contributed by atoms with Crippen molar-refractivity contribution in [3.05, 3.63) is 65.7 Å². The average Bonchev–Trinajstić information content (AvgIpc) is 2.78. The lowest BCUT2D eigenvalue weighted by molar-refractivity contribution is -0.167. The van der Waals surface area contributed by atoms with Crippen molar-refractivity contribution in [1.29, 1.82) is 0 Å². The zero-order valence-corrected chi connectivity index (χ0v) is 18.4.